The van der Waals surface area contributed by atoms with Gasteiger partial charge in [0, 0.05) is 15.2 Å². The van der Waals surface area contributed by atoms with Gasteiger partial charge in [0.15, 0.2) is 0 Å². The zero-order chi connectivity index (χ0) is 14.0. The maximum absolute atomic E-state index is 13.6. The van der Waals surface area contributed by atoms with Gasteiger partial charge in [-0.05, 0) is 48.9 Å². The fourth-order valence-corrected chi connectivity index (χ4v) is 2.22. The number of anilines is 1. The highest BCUT2D eigenvalue weighted by Crippen LogP contribution is 2.21. The Morgan fingerprint density at radius 2 is 2.00 bits per heavy atom. The highest BCUT2D eigenvalue weighted by atomic mass is 79.9. The molecule has 2 nitrogen and oxygen atoms in total. The van der Waals surface area contributed by atoms with Gasteiger partial charge >= 0.3 is 0 Å². The molecule has 0 spiro atoms. The van der Waals surface area contributed by atoms with E-state index in [9.17, 15) is 9.18 Å². The fourth-order valence-electron chi connectivity index (χ4n) is 1.63. The first-order chi connectivity index (χ1) is 8.97. The van der Waals surface area contributed by atoms with Gasteiger partial charge in [-0.15, -0.1) is 0 Å². The van der Waals surface area contributed by atoms with E-state index in [-0.39, 0.29) is 5.56 Å². The average Bonchev–Trinajstić information content (AvgIpc) is 2.35. The minimum atomic E-state index is -0.563. The van der Waals surface area contributed by atoms with Crippen LogP contribution in [0.3, 0.4) is 0 Å². The Balaban J connectivity index is 2.28. The van der Waals surface area contributed by atoms with Crippen molar-refractivity contribution in [1.29, 1.82) is 0 Å². The third-order valence-electron chi connectivity index (χ3n) is 2.61. The Morgan fingerprint density at radius 1 is 1.26 bits per heavy atom. The van der Waals surface area contributed by atoms with Gasteiger partial charge in [-0.1, -0.05) is 27.5 Å². The summed E-state index contributed by atoms with van der Waals surface area (Å²) in [6.07, 6.45) is 0. The summed E-state index contributed by atoms with van der Waals surface area (Å²) in [5.74, 6) is -1.06. The third-order valence-corrected chi connectivity index (χ3v) is 3.34. The molecule has 0 radical (unpaired) electrons. The van der Waals surface area contributed by atoms with Crippen LogP contribution in [0.25, 0.3) is 0 Å². The number of nitrogens with one attached hydrogen (secondary N) is 1. The van der Waals surface area contributed by atoms with Gasteiger partial charge in [0.1, 0.15) is 5.82 Å². The second-order valence-electron chi connectivity index (χ2n) is 4.04. The molecule has 2 rings (SSSR count). The van der Waals surface area contributed by atoms with E-state index in [4.69, 9.17) is 11.6 Å². The van der Waals surface area contributed by atoms with Crippen LogP contribution in [0.2, 0.25) is 5.02 Å². The topological polar surface area (TPSA) is 29.1 Å². The molecule has 1 N–H and O–H groups in total. The molecule has 0 fully saturated rings. The monoisotopic (exact) mass is 341 g/mol. The Morgan fingerprint density at radius 3 is 2.68 bits per heavy atom. The molecule has 0 aliphatic rings. The van der Waals surface area contributed by atoms with E-state index in [0.29, 0.717) is 15.2 Å². The molecule has 0 aliphatic heterocycles. The number of carbonyl (C=O) groups excluding carboxylic acids is 1. The highest BCUT2D eigenvalue weighted by Gasteiger charge is 2.13. The van der Waals surface area contributed by atoms with E-state index in [1.807, 2.05) is 6.92 Å². The minimum absolute atomic E-state index is 0.0104. The maximum Gasteiger partial charge on any atom is 0.258 e. The molecule has 2 aromatic rings. The SMILES string of the molecule is Cc1cc(Cl)ccc1NC(=O)c1cc(Br)ccc1F. The van der Waals surface area contributed by atoms with E-state index in [0.717, 1.165) is 5.56 Å². The van der Waals surface area contributed by atoms with Gasteiger partial charge in [0.05, 0.1) is 5.56 Å². The van der Waals surface area contributed by atoms with Crippen molar-refractivity contribution in [2.75, 3.05) is 5.32 Å². The van der Waals surface area contributed by atoms with Crippen LogP contribution in [0.1, 0.15) is 15.9 Å². The smallest absolute Gasteiger partial charge is 0.258 e. The third kappa shape index (κ3) is 3.33. The quantitative estimate of drug-likeness (QED) is 0.834. The van der Waals surface area contributed by atoms with Crippen molar-refractivity contribution in [2.24, 2.45) is 0 Å². The van der Waals surface area contributed by atoms with Gasteiger partial charge < -0.3 is 5.32 Å². The van der Waals surface area contributed by atoms with E-state index in [1.54, 1.807) is 24.3 Å². The number of amides is 1. The summed E-state index contributed by atoms with van der Waals surface area (Å²) < 4.78 is 14.2. The van der Waals surface area contributed by atoms with Gasteiger partial charge in [0.2, 0.25) is 0 Å². The Kier molecular flexibility index (Phi) is 4.22. The molecular weight excluding hydrogens is 333 g/mol. The van der Waals surface area contributed by atoms with E-state index in [1.165, 1.54) is 12.1 Å². The van der Waals surface area contributed by atoms with Crippen LogP contribution in [0.15, 0.2) is 40.9 Å². The summed E-state index contributed by atoms with van der Waals surface area (Å²) in [6.45, 7) is 1.82. The molecule has 0 heterocycles. The minimum Gasteiger partial charge on any atom is -0.322 e. The Hall–Kier alpha value is -1.39. The summed E-state index contributed by atoms with van der Waals surface area (Å²) in [5, 5.41) is 3.25. The predicted octanol–water partition coefficient (Wildman–Crippen LogP) is 4.80. The first kappa shape index (κ1) is 14.0. The highest BCUT2D eigenvalue weighted by molar-refractivity contribution is 9.10. The number of hydrogen-bond donors (Lipinski definition) is 1. The number of aryl methyl sites for hydroxylation is 1. The van der Waals surface area contributed by atoms with Crippen LogP contribution in [0.5, 0.6) is 0 Å². The van der Waals surface area contributed by atoms with Crippen LogP contribution < -0.4 is 5.32 Å². The molecule has 0 bridgehead atoms. The van der Waals surface area contributed by atoms with Gasteiger partial charge in [-0.2, -0.15) is 0 Å². The normalized spacial score (nSPS) is 10.3. The predicted molar refractivity (Wildman–Crippen MR) is 78.2 cm³/mol. The summed E-state index contributed by atoms with van der Waals surface area (Å²) in [5.41, 5.74) is 1.41. The van der Waals surface area contributed by atoms with E-state index >= 15 is 0 Å². The first-order valence-electron chi connectivity index (χ1n) is 5.50. The van der Waals surface area contributed by atoms with E-state index in [2.05, 4.69) is 21.2 Å². The van der Waals surface area contributed by atoms with Crippen molar-refractivity contribution in [2.45, 2.75) is 6.92 Å². The van der Waals surface area contributed by atoms with Gasteiger partial charge in [-0.25, -0.2) is 4.39 Å². The van der Waals surface area contributed by atoms with Crippen LogP contribution in [-0.2, 0) is 0 Å². The molecule has 19 heavy (non-hydrogen) atoms. The molecule has 2 aromatic carbocycles. The summed E-state index contributed by atoms with van der Waals surface area (Å²) in [4.78, 5) is 12.0. The number of rotatable bonds is 2. The van der Waals surface area contributed by atoms with Crippen molar-refractivity contribution in [3.05, 3.63) is 62.8 Å². The molecule has 98 valence electrons. The second kappa shape index (κ2) is 5.72. The standard InChI is InChI=1S/C14H10BrClFNO/c1-8-6-10(16)3-5-13(8)18-14(19)11-7-9(15)2-4-12(11)17/h2-7H,1H3,(H,18,19). The Bertz CT molecular complexity index is 645. The van der Waals surface area contributed by atoms with Crippen LogP contribution in [0, 0.1) is 12.7 Å². The lowest BCUT2D eigenvalue weighted by Gasteiger charge is -2.09. The van der Waals surface area contributed by atoms with Crippen LogP contribution in [-0.4, -0.2) is 5.91 Å². The fraction of sp³-hybridized carbons (Fsp3) is 0.0714. The van der Waals surface area contributed by atoms with E-state index < -0.39 is 11.7 Å². The number of halogens is 3. The molecule has 5 heteroatoms. The summed E-state index contributed by atoms with van der Waals surface area (Å²) in [6, 6.07) is 9.31. The van der Waals surface area contributed by atoms with Crippen molar-refractivity contribution in [3.63, 3.8) is 0 Å². The molecule has 1 amide bonds. The number of benzene rings is 2. The lowest BCUT2D eigenvalue weighted by Crippen LogP contribution is -2.14. The molecule has 0 saturated carbocycles. The average molecular weight is 343 g/mol. The van der Waals surface area contributed by atoms with Gasteiger partial charge in [-0.3, -0.25) is 4.79 Å². The van der Waals surface area contributed by atoms with Crippen molar-refractivity contribution >= 4 is 39.1 Å². The number of hydrogen-bond acceptors (Lipinski definition) is 1. The zero-order valence-corrected chi connectivity index (χ0v) is 12.3. The molecule has 0 unspecified atom stereocenters. The molecule has 0 saturated heterocycles. The molecule has 0 aliphatic carbocycles. The molecular formula is C14H10BrClFNO. The lowest BCUT2D eigenvalue weighted by molar-refractivity contribution is 0.102. The zero-order valence-electron chi connectivity index (χ0n) is 10.0. The maximum atomic E-state index is 13.6. The lowest BCUT2D eigenvalue weighted by atomic mass is 10.1. The van der Waals surface area contributed by atoms with Crippen molar-refractivity contribution in [1.82, 2.24) is 0 Å². The van der Waals surface area contributed by atoms with Crippen LogP contribution >= 0.6 is 27.5 Å². The van der Waals surface area contributed by atoms with Crippen molar-refractivity contribution in [3.8, 4) is 0 Å². The summed E-state index contributed by atoms with van der Waals surface area (Å²) in [7, 11) is 0. The van der Waals surface area contributed by atoms with Gasteiger partial charge in [0.25, 0.3) is 5.91 Å². The molecule has 0 atom stereocenters. The van der Waals surface area contributed by atoms with Crippen molar-refractivity contribution < 1.29 is 9.18 Å². The summed E-state index contributed by atoms with van der Waals surface area (Å²) >= 11 is 9.05. The second-order valence-corrected chi connectivity index (χ2v) is 5.39. The molecule has 0 aromatic heterocycles. The van der Waals surface area contributed by atoms with Crippen LogP contribution in [0.4, 0.5) is 10.1 Å². The largest absolute Gasteiger partial charge is 0.322 e. The number of carbonyl (C=O) groups is 1. The first-order valence-corrected chi connectivity index (χ1v) is 6.67. The Labute approximate surface area is 123 Å².